The Balaban J connectivity index is 1.46. The van der Waals surface area contributed by atoms with E-state index in [4.69, 9.17) is 16.6 Å². The van der Waals surface area contributed by atoms with Crippen LogP contribution in [0.3, 0.4) is 0 Å². The van der Waals surface area contributed by atoms with Gasteiger partial charge in [-0.15, -0.1) is 0 Å². The third kappa shape index (κ3) is 3.16. The van der Waals surface area contributed by atoms with Crippen LogP contribution in [0.2, 0.25) is 5.02 Å². The van der Waals surface area contributed by atoms with E-state index >= 15 is 0 Å². The molecule has 1 unspecified atom stereocenters. The van der Waals surface area contributed by atoms with Crippen LogP contribution in [-0.2, 0) is 10.2 Å². The zero-order valence-corrected chi connectivity index (χ0v) is 19.4. The number of carboxylic acids is 1. The van der Waals surface area contributed by atoms with Crippen molar-refractivity contribution in [1.29, 1.82) is 0 Å². The maximum absolute atomic E-state index is 11.4. The third-order valence-electron chi connectivity index (χ3n) is 8.45. The number of nitrogens with zero attached hydrogens (tertiary/aromatic N) is 2. The zero-order chi connectivity index (χ0) is 22.7. The monoisotopic (exact) mass is 464 g/mol. The number of aliphatic imine (C=N–C) groups is 1. The highest BCUT2D eigenvalue weighted by Crippen LogP contribution is 2.57. The predicted octanol–water partition coefficient (Wildman–Crippen LogP) is 6.46. The summed E-state index contributed by atoms with van der Waals surface area (Å²) in [5.74, 6) is 0.468. The molecule has 6 heteroatoms. The van der Waals surface area contributed by atoms with Crippen LogP contribution in [0.1, 0.15) is 86.6 Å². The van der Waals surface area contributed by atoms with Crippen molar-refractivity contribution in [2.45, 2.75) is 75.3 Å². The molecule has 33 heavy (non-hydrogen) atoms. The molecule has 4 aliphatic rings. The van der Waals surface area contributed by atoms with Gasteiger partial charge in [0.25, 0.3) is 0 Å². The van der Waals surface area contributed by atoms with Crippen LogP contribution in [0, 0.1) is 5.92 Å². The van der Waals surface area contributed by atoms with E-state index in [1.165, 1.54) is 17.5 Å². The first kappa shape index (κ1) is 21.2. The Labute approximate surface area is 199 Å². The zero-order valence-electron chi connectivity index (χ0n) is 18.6. The standard InChI is InChI=1S/C27H29ClN2O3/c28-20-5-4-6-21-23(20)24(31)29-26-27(13-2-1-3-14-27)19-12-11-18(15-22(19)30(21)26)16-7-9-17(10-8-16)25(32)33/h4-6,11-12,15-17,24,31H,1-3,7-10,13-14H2,(H,32,33). The van der Waals surface area contributed by atoms with E-state index in [1.54, 1.807) is 0 Å². The number of amidine groups is 1. The van der Waals surface area contributed by atoms with Gasteiger partial charge in [0.05, 0.1) is 27.7 Å². The number of fused-ring (bicyclic) bond motifs is 7. The van der Waals surface area contributed by atoms with Crippen molar-refractivity contribution in [2.75, 3.05) is 4.90 Å². The molecule has 1 atom stereocenters. The summed E-state index contributed by atoms with van der Waals surface area (Å²) >= 11 is 6.52. The van der Waals surface area contributed by atoms with Crippen molar-refractivity contribution in [3.8, 4) is 0 Å². The summed E-state index contributed by atoms with van der Waals surface area (Å²) < 4.78 is 0. The fourth-order valence-electron chi connectivity index (χ4n) is 6.74. The number of anilines is 2. The Hall–Kier alpha value is -2.37. The van der Waals surface area contributed by atoms with Crippen molar-refractivity contribution in [1.82, 2.24) is 0 Å². The Kier molecular flexibility index (Phi) is 5.04. The summed E-state index contributed by atoms with van der Waals surface area (Å²) in [7, 11) is 0. The molecule has 2 aromatic carbocycles. The Morgan fingerprint density at radius 2 is 1.79 bits per heavy atom. The smallest absolute Gasteiger partial charge is 0.306 e. The molecule has 2 aliphatic carbocycles. The van der Waals surface area contributed by atoms with E-state index in [0.29, 0.717) is 16.5 Å². The van der Waals surface area contributed by atoms with Crippen molar-refractivity contribution < 1.29 is 15.0 Å². The van der Waals surface area contributed by atoms with Crippen molar-refractivity contribution >= 4 is 34.8 Å². The first-order valence-electron chi connectivity index (χ1n) is 12.2. The van der Waals surface area contributed by atoms with Crippen LogP contribution >= 0.6 is 11.6 Å². The lowest BCUT2D eigenvalue weighted by molar-refractivity contribution is -0.142. The number of halogens is 1. The molecule has 2 heterocycles. The van der Waals surface area contributed by atoms with E-state index in [-0.39, 0.29) is 11.3 Å². The van der Waals surface area contributed by atoms with E-state index in [1.807, 2.05) is 18.2 Å². The van der Waals surface area contributed by atoms with Gasteiger partial charge in [0.15, 0.2) is 6.23 Å². The second-order valence-corrected chi connectivity index (χ2v) is 10.5. The van der Waals surface area contributed by atoms with Crippen LogP contribution in [0.25, 0.3) is 0 Å². The number of aliphatic hydroxyl groups is 1. The first-order valence-corrected chi connectivity index (χ1v) is 12.6. The number of carbonyl (C=O) groups is 1. The molecule has 2 aromatic rings. The number of hydrogen-bond acceptors (Lipinski definition) is 4. The lowest BCUT2D eigenvalue weighted by atomic mass is 9.69. The van der Waals surface area contributed by atoms with Crippen LogP contribution < -0.4 is 4.90 Å². The first-order chi connectivity index (χ1) is 16.0. The van der Waals surface area contributed by atoms with Gasteiger partial charge < -0.3 is 10.2 Å². The number of carboxylic acid groups (broad SMARTS) is 1. The fraction of sp³-hybridized carbons (Fsp3) is 0.481. The molecule has 0 radical (unpaired) electrons. The highest BCUT2D eigenvalue weighted by atomic mass is 35.5. The lowest BCUT2D eigenvalue weighted by Crippen LogP contribution is -2.42. The number of aliphatic hydroxyl groups excluding tert-OH is 1. The van der Waals surface area contributed by atoms with Gasteiger partial charge in [-0.1, -0.05) is 49.1 Å². The molecule has 0 aromatic heterocycles. The number of benzene rings is 2. The van der Waals surface area contributed by atoms with Crippen molar-refractivity contribution in [2.24, 2.45) is 10.9 Å². The highest BCUT2D eigenvalue weighted by molar-refractivity contribution is 6.32. The second-order valence-electron chi connectivity index (χ2n) is 10.1. The van der Waals surface area contributed by atoms with Gasteiger partial charge in [-0.2, -0.15) is 0 Å². The van der Waals surface area contributed by atoms with Gasteiger partial charge in [0.2, 0.25) is 0 Å². The third-order valence-corrected chi connectivity index (χ3v) is 8.78. The number of hydrogen-bond donors (Lipinski definition) is 2. The summed E-state index contributed by atoms with van der Waals surface area (Å²) in [6.45, 7) is 0. The average Bonchev–Trinajstić information content (AvgIpc) is 3.08. The summed E-state index contributed by atoms with van der Waals surface area (Å²) in [6, 6.07) is 12.7. The molecule has 2 saturated carbocycles. The molecule has 0 saturated heterocycles. The SMILES string of the molecule is O=C(O)C1CCC(c2ccc3c(c2)N2C(=NC(O)c4c(Cl)cccc42)C32CCCCC2)CC1. The fourth-order valence-corrected chi connectivity index (χ4v) is 7.01. The van der Waals surface area contributed by atoms with E-state index in [9.17, 15) is 15.0 Å². The molecular formula is C27H29ClN2O3. The predicted molar refractivity (Wildman–Crippen MR) is 130 cm³/mol. The Morgan fingerprint density at radius 3 is 2.52 bits per heavy atom. The topological polar surface area (TPSA) is 73.1 Å². The van der Waals surface area contributed by atoms with Crippen molar-refractivity contribution in [3.63, 3.8) is 0 Å². The van der Waals surface area contributed by atoms with E-state index < -0.39 is 12.2 Å². The van der Waals surface area contributed by atoms with Crippen LogP contribution in [0.15, 0.2) is 41.4 Å². The molecule has 0 bridgehead atoms. The van der Waals surface area contributed by atoms with Gasteiger partial charge in [0, 0.05) is 5.56 Å². The van der Waals surface area contributed by atoms with Gasteiger partial charge in [-0.05, 0) is 73.8 Å². The molecule has 0 amide bonds. The largest absolute Gasteiger partial charge is 0.481 e. The second kappa shape index (κ2) is 7.85. The minimum atomic E-state index is -0.946. The Bertz CT molecular complexity index is 1150. The van der Waals surface area contributed by atoms with Gasteiger partial charge in [-0.3, -0.25) is 9.69 Å². The Morgan fingerprint density at radius 1 is 1.03 bits per heavy atom. The van der Waals surface area contributed by atoms with Crippen LogP contribution in [0.5, 0.6) is 0 Å². The lowest BCUT2D eigenvalue weighted by Gasteiger charge is -2.38. The normalized spacial score (nSPS) is 27.5. The maximum atomic E-state index is 11.4. The van der Waals surface area contributed by atoms with Crippen molar-refractivity contribution in [3.05, 3.63) is 58.1 Å². The van der Waals surface area contributed by atoms with Crippen LogP contribution in [-0.4, -0.2) is 22.0 Å². The molecule has 2 aliphatic heterocycles. The maximum Gasteiger partial charge on any atom is 0.306 e. The highest BCUT2D eigenvalue weighted by Gasteiger charge is 2.52. The minimum Gasteiger partial charge on any atom is -0.481 e. The molecule has 172 valence electrons. The summed E-state index contributed by atoms with van der Waals surface area (Å²) in [6.07, 6.45) is 7.98. The molecule has 2 N–H and O–H groups in total. The van der Waals surface area contributed by atoms with E-state index in [0.717, 1.165) is 68.6 Å². The molecular weight excluding hydrogens is 436 g/mol. The number of aliphatic carboxylic acids is 1. The molecule has 5 nitrogen and oxygen atoms in total. The van der Waals surface area contributed by atoms with Gasteiger partial charge in [-0.25, -0.2) is 4.99 Å². The molecule has 1 spiro atoms. The summed E-state index contributed by atoms with van der Waals surface area (Å²) in [5, 5.41) is 20.9. The summed E-state index contributed by atoms with van der Waals surface area (Å²) in [4.78, 5) is 18.5. The average molecular weight is 465 g/mol. The molecule has 6 rings (SSSR count). The van der Waals surface area contributed by atoms with Gasteiger partial charge in [0.1, 0.15) is 5.84 Å². The van der Waals surface area contributed by atoms with Gasteiger partial charge >= 0.3 is 5.97 Å². The number of rotatable bonds is 2. The quantitative estimate of drug-likeness (QED) is 0.535. The summed E-state index contributed by atoms with van der Waals surface area (Å²) in [5.41, 5.74) is 5.19. The van der Waals surface area contributed by atoms with E-state index in [2.05, 4.69) is 23.1 Å². The van der Waals surface area contributed by atoms with Crippen LogP contribution in [0.4, 0.5) is 11.4 Å². The molecule has 2 fully saturated rings. The minimum absolute atomic E-state index is 0.159.